The van der Waals surface area contributed by atoms with Crippen molar-refractivity contribution in [3.8, 4) is 28.6 Å². The Labute approximate surface area is 199 Å². The molecule has 3 heterocycles. The maximum atomic E-state index is 12.4. The van der Waals surface area contributed by atoms with Crippen molar-refractivity contribution in [3.63, 3.8) is 0 Å². The molecule has 2 aromatic heterocycles. The SMILES string of the molecule is Nc1ncc(Cl)cc1-c1ccc(Oc2ncc(NC(=O)Nc3cccc4c3OCC4)cn2)cc1. The summed E-state index contributed by atoms with van der Waals surface area (Å²) in [4.78, 5) is 24.7. The maximum Gasteiger partial charge on any atom is 0.323 e. The highest BCUT2D eigenvalue weighted by atomic mass is 35.5. The lowest BCUT2D eigenvalue weighted by Crippen LogP contribution is -2.20. The molecule has 10 heteroatoms. The van der Waals surface area contributed by atoms with E-state index < -0.39 is 6.03 Å². The lowest BCUT2D eigenvalue weighted by atomic mass is 10.1. The average molecular weight is 475 g/mol. The van der Waals surface area contributed by atoms with Gasteiger partial charge in [0, 0.05) is 18.2 Å². The minimum Gasteiger partial charge on any atom is -0.491 e. The second-order valence-corrected chi connectivity index (χ2v) is 7.87. The third kappa shape index (κ3) is 4.69. The number of benzene rings is 2. The minimum absolute atomic E-state index is 0.136. The smallest absolute Gasteiger partial charge is 0.323 e. The van der Waals surface area contributed by atoms with Crippen molar-refractivity contribution in [3.05, 3.63) is 77.7 Å². The maximum absolute atomic E-state index is 12.4. The van der Waals surface area contributed by atoms with Gasteiger partial charge in [-0.25, -0.2) is 19.7 Å². The zero-order valence-electron chi connectivity index (χ0n) is 17.8. The summed E-state index contributed by atoms with van der Waals surface area (Å²) < 4.78 is 11.3. The highest BCUT2D eigenvalue weighted by molar-refractivity contribution is 6.30. The zero-order chi connectivity index (χ0) is 23.5. The minimum atomic E-state index is -0.425. The predicted molar refractivity (Wildman–Crippen MR) is 129 cm³/mol. The largest absolute Gasteiger partial charge is 0.491 e. The number of nitrogens with two attached hydrogens (primary N) is 1. The molecular weight excluding hydrogens is 456 g/mol. The Morgan fingerprint density at radius 2 is 1.82 bits per heavy atom. The molecule has 0 spiro atoms. The van der Waals surface area contributed by atoms with Crippen molar-refractivity contribution < 1.29 is 14.3 Å². The number of rotatable bonds is 5. The van der Waals surface area contributed by atoms with Gasteiger partial charge in [-0.05, 0) is 35.4 Å². The van der Waals surface area contributed by atoms with Gasteiger partial charge in [-0.3, -0.25) is 0 Å². The molecule has 0 radical (unpaired) electrons. The summed E-state index contributed by atoms with van der Waals surface area (Å²) in [5, 5.41) is 5.98. The molecule has 2 amide bonds. The van der Waals surface area contributed by atoms with Crippen LogP contribution in [0.25, 0.3) is 11.1 Å². The summed E-state index contributed by atoms with van der Waals surface area (Å²) in [6.45, 7) is 0.611. The summed E-state index contributed by atoms with van der Waals surface area (Å²) in [5.74, 6) is 1.63. The van der Waals surface area contributed by atoms with Crippen LogP contribution in [0.4, 0.5) is 22.0 Å². The molecule has 0 saturated carbocycles. The van der Waals surface area contributed by atoms with Crippen LogP contribution in [0.3, 0.4) is 0 Å². The summed E-state index contributed by atoms with van der Waals surface area (Å²) in [6.07, 6.45) is 5.25. The number of nitrogen functional groups attached to an aromatic ring is 1. The topological polar surface area (TPSA) is 124 Å². The first-order chi connectivity index (χ1) is 16.5. The van der Waals surface area contributed by atoms with Gasteiger partial charge >= 0.3 is 12.0 Å². The number of amides is 2. The van der Waals surface area contributed by atoms with E-state index >= 15 is 0 Å². The molecule has 34 heavy (non-hydrogen) atoms. The highest BCUT2D eigenvalue weighted by Gasteiger charge is 2.17. The molecule has 0 bridgehead atoms. The zero-order valence-corrected chi connectivity index (χ0v) is 18.5. The van der Waals surface area contributed by atoms with Gasteiger partial charge in [-0.2, -0.15) is 0 Å². The van der Waals surface area contributed by atoms with Gasteiger partial charge < -0.3 is 25.8 Å². The van der Waals surface area contributed by atoms with Crippen molar-refractivity contribution in [2.75, 3.05) is 23.0 Å². The summed E-state index contributed by atoms with van der Waals surface area (Å²) in [7, 11) is 0. The van der Waals surface area contributed by atoms with Gasteiger partial charge in [-0.15, -0.1) is 0 Å². The Hall–Kier alpha value is -4.37. The number of fused-ring (bicyclic) bond motifs is 1. The Bertz CT molecular complexity index is 1350. The van der Waals surface area contributed by atoms with Crippen molar-refractivity contribution in [1.29, 1.82) is 0 Å². The predicted octanol–water partition coefficient (Wildman–Crippen LogP) is 5.15. The number of nitrogens with zero attached hydrogens (tertiary/aromatic N) is 3. The molecule has 1 aliphatic rings. The van der Waals surface area contributed by atoms with Crippen molar-refractivity contribution in [2.24, 2.45) is 0 Å². The van der Waals surface area contributed by atoms with E-state index in [1.165, 1.54) is 18.6 Å². The highest BCUT2D eigenvalue weighted by Crippen LogP contribution is 2.33. The number of carbonyl (C=O) groups excluding carboxylic acids is 1. The number of anilines is 3. The van der Waals surface area contributed by atoms with Crippen LogP contribution in [0.15, 0.2) is 67.1 Å². The molecule has 0 saturated heterocycles. The monoisotopic (exact) mass is 474 g/mol. The summed E-state index contributed by atoms with van der Waals surface area (Å²) >= 11 is 6.02. The Balaban J connectivity index is 1.20. The molecule has 0 atom stereocenters. The number of pyridine rings is 1. The molecule has 0 aliphatic carbocycles. The fourth-order valence-corrected chi connectivity index (χ4v) is 3.68. The molecule has 0 unspecified atom stereocenters. The fourth-order valence-electron chi connectivity index (χ4n) is 3.52. The molecule has 0 fully saturated rings. The standard InChI is InChI=1S/C24H19ClN6O3/c25-16-10-19(22(26)27-11-16)14-4-6-18(7-5-14)34-24-28-12-17(13-29-24)30-23(32)31-20-3-1-2-15-8-9-33-21(15)20/h1-7,10-13H,8-9H2,(H2,26,27)(H2,30,31,32). The van der Waals surface area contributed by atoms with E-state index in [4.69, 9.17) is 26.8 Å². The number of ether oxygens (including phenoxy) is 2. The summed E-state index contributed by atoms with van der Waals surface area (Å²) in [5.41, 5.74) is 9.62. The van der Waals surface area contributed by atoms with Crippen LogP contribution in [0, 0.1) is 0 Å². The molecule has 1 aliphatic heterocycles. The van der Waals surface area contributed by atoms with E-state index in [9.17, 15) is 4.79 Å². The number of urea groups is 1. The number of carbonyl (C=O) groups is 1. The Kier molecular flexibility index (Phi) is 5.84. The number of hydrogen-bond acceptors (Lipinski definition) is 7. The van der Waals surface area contributed by atoms with Gasteiger partial charge in [-0.1, -0.05) is 35.9 Å². The van der Waals surface area contributed by atoms with Crippen LogP contribution < -0.4 is 25.8 Å². The number of halogens is 1. The summed E-state index contributed by atoms with van der Waals surface area (Å²) in [6, 6.07) is 14.3. The molecule has 4 N–H and O–H groups in total. The second-order valence-electron chi connectivity index (χ2n) is 7.44. The van der Waals surface area contributed by atoms with Gasteiger partial charge in [0.15, 0.2) is 0 Å². The van der Waals surface area contributed by atoms with E-state index in [0.717, 1.165) is 23.1 Å². The van der Waals surface area contributed by atoms with Crippen LogP contribution in [-0.4, -0.2) is 27.6 Å². The first kappa shape index (κ1) is 21.5. The van der Waals surface area contributed by atoms with Crippen LogP contribution in [0.5, 0.6) is 17.5 Å². The van der Waals surface area contributed by atoms with Crippen molar-refractivity contribution >= 4 is 34.8 Å². The fraction of sp³-hybridized carbons (Fsp3) is 0.0833. The number of para-hydroxylation sites is 1. The van der Waals surface area contributed by atoms with Crippen LogP contribution >= 0.6 is 11.6 Å². The molecule has 9 nitrogen and oxygen atoms in total. The van der Waals surface area contributed by atoms with E-state index in [2.05, 4.69) is 25.6 Å². The van der Waals surface area contributed by atoms with E-state index in [-0.39, 0.29) is 6.01 Å². The quantitative estimate of drug-likeness (QED) is 0.365. The van der Waals surface area contributed by atoms with Crippen LogP contribution in [0.1, 0.15) is 5.56 Å². The van der Waals surface area contributed by atoms with Gasteiger partial charge in [0.2, 0.25) is 0 Å². The number of hydrogen-bond donors (Lipinski definition) is 3. The molecule has 4 aromatic rings. The third-order valence-electron chi connectivity index (χ3n) is 5.11. The molecule has 2 aromatic carbocycles. The Morgan fingerprint density at radius 3 is 2.62 bits per heavy atom. The second kappa shape index (κ2) is 9.24. The van der Waals surface area contributed by atoms with E-state index in [1.807, 2.05) is 24.3 Å². The molecule has 170 valence electrons. The average Bonchev–Trinajstić information content (AvgIpc) is 3.33. The Morgan fingerprint density at radius 1 is 1.03 bits per heavy atom. The third-order valence-corrected chi connectivity index (χ3v) is 5.31. The molecular formula is C24H19ClN6O3. The van der Waals surface area contributed by atoms with E-state index in [1.54, 1.807) is 24.3 Å². The van der Waals surface area contributed by atoms with Gasteiger partial charge in [0.05, 0.1) is 35.4 Å². The number of aromatic nitrogens is 3. The molecule has 5 rings (SSSR count). The first-order valence-electron chi connectivity index (χ1n) is 10.4. The van der Waals surface area contributed by atoms with Crippen LogP contribution in [-0.2, 0) is 6.42 Å². The lowest BCUT2D eigenvalue weighted by molar-refractivity contribution is 0.262. The lowest BCUT2D eigenvalue weighted by Gasteiger charge is -2.11. The van der Waals surface area contributed by atoms with Gasteiger partial charge in [0.1, 0.15) is 17.3 Å². The van der Waals surface area contributed by atoms with Gasteiger partial charge in [0.25, 0.3) is 0 Å². The van der Waals surface area contributed by atoms with Crippen molar-refractivity contribution in [1.82, 2.24) is 15.0 Å². The number of nitrogens with one attached hydrogen (secondary N) is 2. The normalized spacial score (nSPS) is 11.9. The van der Waals surface area contributed by atoms with Crippen LogP contribution in [0.2, 0.25) is 5.02 Å². The van der Waals surface area contributed by atoms with E-state index in [0.29, 0.717) is 40.3 Å². The first-order valence-corrected chi connectivity index (χ1v) is 10.8. The van der Waals surface area contributed by atoms with Crippen molar-refractivity contribution in [2.45, 2.75) is 6.42 Å².